The van der Waals surface area contributed by atoms with Crippen molar-refractivity contribution in [3.63, 3.8) is 0 Å². The molecule has 1 aliphatic carbocycles. The van der Waals surface area contributed by atoms with Crippen LogP contribution < -0.4 is 5.22 Å². The first-order chi connectivity index (χ1) is 9.34. The molecule has 3 aromatic carbocycles. The molecule has 1 aliphatic rings. The average molecular weight is 248 g/mol. The molecule has 0 unspecified atom stereocenters. The molecule has 0 heteroatoms. The van der Waals surface area contributed by atoms with Crippen molar-refractivity contribution < 1.29 is 0 Å². The van der Waals surface area contributed by atoms with E-state index in [-0.39, 0.29) is 0 Å². The van der Waals surface area contributed by atoms with Crippen molar-refractivity contribution in [2.45, 2.75) is 33.6 Å². The van der Waals surface area contributed by atoms with Crippen LogP contribution in [0.5, 0.6) is 0 Å². The van der Waals surface area contributed by atoms with E-state index in [1.165, 1.54) is 50.7 Å². The number of aryl methyl sites for hydroxylation is 2. The molecule has 0 atom stereocenters. The Hall–Kier alpha value is -1.82. The largest absolute Gasteiger partial charge is 0.0763 e. The Bertz CT molecular complexity index is 794. The molecular weight excluding hydrogens is 228 g/mol. The van der Waals surface area contributed by atoms with Gasteiger partial charge in [0.2, 0.25) is 0 Å². The first-order valence-electron chi connectivity index (χ1n) is 7.28. The summed E-state index contributed by atoms with van der Waals surface area (Å²) in [4.78, 5) is 0. The zero-order valence-electron chi connectivity index (χ0n) is 12.0. The molecule has 0 saturated heterocycles. The van der Waals surface area contributed by atoms with Gasteiger partial charge >= 0.3 is 0 Å². The van der Waals surface area contributed by atoms with Gasteiger partial charge < -0.3 is 0 Å². The van der Waals surface area contributed by atoms with E-state index in [0.29, 0.717) is 0 Å². The Morgan fingerprint density at radius 2 is 1.63 bits per heavy atom. The predicted octanol–water partition coefficient (Wildman–Crippen LogP) is 4.77. The van der Waals surface area contributed by atoms with E-state index < -0.39 is 0 Å². The van der Waals surface area contributed by atoms with Crippen LogP contribution in [-0.4, -0.2) is 0 Å². The molecule has 0 N–H and O–H groups in total. The van der Waals surface area contributed by atoms with Crippen molar-refractivity contribution in [2.24, 2.45) is 0 Å². The molecule has 0 nitrogen and oxygen atoms in total. The number of hydrogen-bond donors (Lipinski definition) is 0. The van der Waals surface area contributed by atoms with Crippen LogP contribution in [-0.2, 0) is 6.42 Å². The fourth-order valence-electron chi connectivity index (χ4n) is 3.16. The lowest BCUT2D eigenvalue weighted by atomic mass is 9.89. The highest BCUT2D eigenvalue weighted by atomic mass is 14.1. The summed E-state index contributed by atoms with van der Waals surface area (Å²) in [6.07, 6.45) is 4.75. The second kappa shape index (κ2) is 4.70. The molecule has 96 valence electrons. The number of hydrogen-bond acceptors (Lipinski definition) is 0. The van der Waals surface area contributed by atoms with Crippen molar-refractivity contribution in [3.8, 4) is 0 Å². The maximum absolute atomic E-state index is 2.38. The summed E-state index contributed by atoms with van der Waals surface area (Å²) >= 11 is 0. The number of benzene rings is 3. The minimum Gasteiger partial charge on any atom is -0.0763 e. The highest BCUT2D eigenvalue weighted by Gasteiger charge is 2.11. The molecule has 0 saturated carbocycles. The van der Waals surface area contributed by atoms with E-state index >= 15 is 0 Å². The molecule has 0 aliphatic heterocycles. The Balaban J connectivity index is 0.000000528. The predicted molar refractivity (Wildman–Crippen MR) is 85.5 cm³/mol. The molecule has 0 bridgehead atoms. The minimum atomic E-state index is 1.18. The highest BCUT2D eigenvalue weighted by molar-refractivity contribution is 6.12. The van der Waals surface area contributed by atoms with Gasteiger partial charge in [-0.2, -0.15) is 0 Å². The molecule has 0 fully saturated rings. The quantitative estimate of drug-likeness (QED) is 0.537. The van der Waals surface area contributed by atoms with Crippen molar-refractivity contribution in [1.82, 2.24) is 0 Å². The normalized spacial score (nSPS) is 13.0. The van der Waals surface area contributed by atoms with Crippen LogP contribution in [0.2, 0.25) is 0 Å². The monoisotopic (exact) mass is 248 g/mol. The maximum Gasteiger partial charge on any atom is -0.00275 e. The Labute approximate surface area is 114 Å². The fraction of sp³-hybridized carbons (Fsp3) is 0.263. The number of rotatable bonds is 0. The van der Waals surface area contributed by atoms with Crippen molar-refractivity contribution in [2.75, 3.05) is 0 Å². The molecule has 4 rings (SSSR count). The van der Waals surface area contributed by atoms with E-state index in [9.17, 15) is 0 Å². The minimum absolute atomic E-state index is 1.18. The Morgan fingerprint density at radius 3 is 2.47 bits per heavy atom. The molecule has 0 heterocycles. The van der Waals surface area contributed by atoms with Gasteiger partial charge in [-0.05, 0) is 57.7 Å². The zero-order chi connectivity index (χ0) is 13.4. The Kier molecular flexibility index (Phi) is 3.02. The molecular formula is C19H20. The zero-order valence-corrected chi connectivity index (χ0v) is 12.0. The lowest BCUT2D eigenvalue weighted by Crippen LogP contribution is -2.09. The van der Waals surface area contributed by atoms with E-state index in [1.807, 2.05) is 13.8 Å². The first kappa shape index (κ1) is 12.2. The third-order valence-electron chi connectivity index (χ3n) is 4.03. The van der Waals surface area contributed by atoms with E-state index in [4.69, 9.17) is 0 Å². The molecule has 0 amide bonds. The summed E-state index contributed by atoms with van der Waals surface area (Å²) in [5, 5.41) is 7.18. The second-order valence-electron chi connectivity index (χ2n) is 5.03. The highest BCUT2D eigenvalue weighted by Crippen LogP contribution is 2.31. The summed E-state index contributed by atoms with van der Waals surface area (Å²) in [7, 11) is 0. The third-order valence-corrected chi connectivity index (χ3v) is 4.03. The van der Waals surface area contributed by atoms with Crippen molar-refractivity contribution in [1.29, 1.82) is 0 Å². The van der Waals surface area contributed by atoms with Gasteiger partial charge in [0.1, 0.15) is 0 Å². The molecule has 0 aromatic heterocycles. The third kappa shape index (κ3) is 1.74. The smallest absolute Gasteiger partial charge is 0.00275 e. The second-order valence-corrected chi connectivity index (χ2v) is 5.03. The van der Waals surface area contributed by atoms with Crippen molar-refractivity contribution >= 4 is 27.6 Å². The van der Waals surface area contributed by atoms with Crippen LogP contribution in [0, 0.1) is 6.92 Å². The van der Waals surface area contributed by atoms with Crippen molar-refractivity contribution in [3.05, 3.63) is 52.7 Å². The van der Waals surface area contributed by atoms with Gasteiger partial charge in [0.25, 0.3) is 0 Å². The van der Waals surface area contributed by atoms with Crippen LogP contribution in [0.1, 0.15) is 31.4 Å². The standard InChI is InChI=1S/C17H14.C2H6/c1-11-5-6-14-8-7-12-3-2-4-13-9-10-15(11)17(14)16(12)13;1-2/h3,5-10H,2,4H2,1H3;1-2H3. The Morgan fingerprint density at radius 1 is 0.842 bits per heavy atom. The van der Waals surface area contributed by atoms with Gasteiger partial charge in [-0.15, -0.1) is 0 Å². The van der Waals surface area contributed by atoms with Crippen LogP contribution >= 0.6 is 0 Å². The average Bonchev–Trinajstić information content (AvgIpc) is 2.49. The summed E-state index contributed by atoms with van der Waals surface area (Å²) in [6, 6.07) is 13.6. The topological polar surface area (TPSA) is 0 Å². The summed E-state index contributed by atoms with van der Waals surface area (Å²) < 4.78 is 0. The van der Waals surface area contributed by atoms with Gasteiger partial charge in [-0.25, -0.2) is 0 Å². The summed E-state index contributed by atoms with van der Waals surface area (Å²) in [5.74, 6) is 0. The van der Waals surface area contributed by atoms with Gasteiger partial charge in [-0.1, -0.05) is 56.3 Å². The lowest BCUT2D eigenvalue weighted by Gasteiger charge is -2.15. The molecule has 0 radical (unpaired) electrons. The van der Waals surface area contributed by atoms with Gasteiger partial charge in [0, 0.05) is 0 Å². The van der Waals surface area contributed by atoms with Crippen LogP contribution in [0.4, 0.5) is 0 Å². The first-order valence-corrected chi connectivity index (χ1v) is 7.28. The van der Waals surface area contributed by atoms with E-state index in [0.717, 1.165) is 0 Å². The maximum atomic E-state index is 2.38. The van der Waals surface area contributed by atoms with Crippen LogP contribution in [0.25, 0.3) is 27.6 Å². The lowest BCUT2D eigenvalue weighted by molar-refractivity contribution is 1.04. The molecule has 3 aromatic rings. The van der Waals surface area contributed by atoms with Gasteiger partial charge in [0.05, 0.1) is 0 Å². The fourth-order valence-corrected chi connectivity index (χ4v) is 3.16. The van der Waals surface area contributed by atoms with Crippen LogP contribution in [0.3, 0.4) is 0 Å². The summed E-state index contributed by atoms with van der Waals surface area (Å²) in [5.41, 5.74) is 2.90. The van der Waals surface area contributed by atoms with E-state index in [2.05, 4.69) is 49.4 Å². The summed E-state index contributed by atoms with van der Waals surface area (Å²) in [6.45, 7) is 6.20. The van der Waals surface area contributed by atoms with E-state index in [1.54, 1.807) is 0 Å². The SMILES string of the molecule is CC.Cc1ccc2ccc3c4c(ccc1c24)CCC=3. The van der Waals surface area contributed by atoms with Gasteiger partial charge in [0.15, 0.2) is 0 Å². The van der Waals surface area contributed by atoms with Crippen LogP contribution in [0.15, 0.2) is 36.4 Å². The van der Waals surface area contributed by atoms with Gasteiger partial charge in [-0.3, -0.25) is 0 Å². The molecule has 0 spiro atoms. The molecule has 19 heavy (non-hydrogen) atoms.